The first kappa shape index (κ1) is 14.2. The summed E-state index contributed by atoms with van der Waals surface area (Å²) in [6.07, 6.45) is 1.72. The van der Waals surface area contributed by atoms with E-state index in [4.69, 9.17) is 0 Å². The maximum Gasteiger partial charge on any atom is 0.262 e. The molecule has 4 aromatic rings. The molecule has 2 aromatic heterocycles. The number of aromatic nitrogens is 5. The van der Waals surface area contributed by atoms with Crippen LogP contribution in [0.4, 0.5) is 5.69 Å². The number of tetrazole rings is 1. The van der Waals surface area contributed by atoms with Crippen molar-refractivity contribution in [1.82, 2.24) is 25.2 Å². The number of fused-ring (bicyclic) bond motifs is 1. The fourth-order valence-electron chi connectivity index (χ4n) is 2.59. The number of carbonyl (C=O) groups is 1. The molecular weight excluding hydrogens is 308 g/mol. The molecule has 8 nitrogen and oxygen atoms in total. The van der Waals surface area contributed by atoms with Crippen LogP contribution in [0.3, 0.4) is 0 Å². The lowest BCUT2D eigenvalue weighted by molar-refractivity contribution is -0.497. The van der Waals surface area contributed by atoms with Crippen molar-refractivity contribution < 1.29 is 10.3 Å². The van der Waals surface area contributed by atoms with E-state index in [1.54, 1.807) is 35.0 Å². The zero-order valence-electron chi connectivity index (χ0n) is 12.4. The molecule has 24 heavy (non-hydrogen) atoms. The Balaban J connectivity index is 1.72. The minimum atomic E-state index is -0.158. The number of nitrogens with zero attached hydrogens (tertiary/aromatic N) is 4. The highest BCUT2D eigenvalue weighted by Crippen LogP contribution is 2.23. The van der Waals surface area contributed by atoms with Crippen molar-refractivity contribution in [3.63, 3.8) is 0 Å². The topological polar surface area (TPSA) is 116 Å². The number of hydrogen-bond acceptors (Lipinski definition) is 5. The van der Waals surface area contributed by atoms with Gasteiger partial charge in [0.15, 0.2) is 0 Å². The van der Waals surface area contributed by atoms with E-state index in [1.807, 2.05) is 24.3 Å². The van der Waals surface area contributed by atoms with Gasteiger partial charge in [-0.15, -0.1) is 10.2 Å². The van der Waals surface area contributed by atoms with E-state index in [9.17, 15) is 10.0 Å². The minimum Gasteiger partial charge on any atom is -0.630 e. The van der Waals surface area contributed by atoms with E-state index < -0.39 is 0 Å². The first-order valence-electron chi connectivity index (χ1n) is 7.21. The highest BCUT2D eigenvalue weighted by atomic mass is 16.5. The van der Waals surface area contributed by atoms with Crippen molar-refractivity contribution in [2.24, 2.45) is 0 Å². The van der Waals surface area contributed by atoms with Gasteiger partial charge in [-0.1, -0.05) is 0 Å². The first-order chi connectivity index (χ1) is 11.8. The quantitative estimate of drug-likeness (QED) is 0.434. The van der Waals surface area contributed by atoms with Crippen LogP contribution in [0.2, 0.25) is 0 Å². The number of benzene rings is 2. The van der Waals surface area contributed by atoms with Crippen molar-refractivity contribution in [3.8, 4) is 11.4 Å². The van der Waals surface area contributed by atoms with Crippen molar-refractivity contribution in [2.45, 2.75) is 0 Å². The molecule has 0 aliphatic rings. The first-order valence-corrected chi connectivity index (χ1v) is 7.21. The van der Waals surface area contributed by atoms with Gasteiger partial charge < -0.3 is 10.7 Å². The highest BCUT2D eigenvalue weighted by molar-refractivity contribution is 6.02. The summed E-state index contributed by atoms with van der Waals surface area (Å²) in [5.41, 5.74) is 3.40. The van der Waals surface area contributed by atoms with E-state index in [-0.39, 0.29) is 5.91 Å². The van der Waals surface area contributed by atoms with Gasteiger partial charge in [0.05, 0.1) is 5.52 Å². The number of carbonyl (C=O) groups excluding carboxylic acids is 1. The highest BCUT2D eigenvalue weighted by Gasteiger charge is 2.13. The molecule has 0 bridgehead atoms. The maximum absolute atomic E-state index is 12.7. The Bertz CT molecular complexity index is 1000. The molecule has 0 aliphatic carbocycles. The lowest BCUT2D eigenvalue weighted by Crippen LogP contribution is -2.70. The van der Waals surface area contributed by atoms with Gasteiger partial charge in [0, 0.05) is 34.8 Å². The van der Waals surface area contributed by atoms with Crippen LogP contribution in [0.25, 0.3) is 22.3 Å². The van der Waals surface area contributed by atoms with Crippen LogP contribution in [0.5, 0.6) is 0 Å². The molecule has 118 valence electrons. The molecule has 0 atom stereocenters. The van der Waals surface area contributed by atoms with Crippen molar-refractivity contribution in [3.05, 3.63) is 65.5 Å². The minimum absolute atomic E-state index is 0.158. The molecule has 0 fully saturated rings. The molecule has 2 heterocycles. The number of nitrogens with one attached hydrogen (secondary N) is 1. The van der Waals surface area contributed by atoms with Crippen LogP contribution in [0.1, 0.15) is 10.4 Å². The van der Waals surface area contributed by atoms with Gasteiger partial charge in [-0.3, -0.25) is 9.36 Å². The third-order valence-corrected chi connectivity index (χ3v) is 3.81. The summed E-state index contributed by atoms with van der Waals surface area (Å²) in [5, 5.41) is 25.5. The van der Waals surface area contributed by atoms with E-state index >= 15 is 0 Å². The second-order valence-corrected chi connectivity index (χ2v) is 5.24. The summed E-state index contributed by atoms with van der Waals surface area (Å²) in [7, 11) is 0. The Labute approximate surface area is 135 Å². The van der Waals surface area contributed by atoms with Crippen LogP contribution < -0.4 is 5.48 Å². The number of rotatable bonds is 3. The summed E-state index contributed by atoms with van der Waals surface area (Å²) >= 11 is 0. The molecule has 8 heteroatoms. The second kappa shape index (κ2) is 5.69. The number of quaternary nitrogens is 1. The third-order valence-electron chi connectivity index (χ3n) is 3.81. The molecule has 0 unspecified atom stereocenters. The predicted molar refractivity (Wildman–Crippen MR) is 86.2 cm³/mol. The molecule has 0 saturated heterocycles. The van der Waals surface area contributed by atoms with Gasteiger partial charge in [0.25, 0.3) is 5.91 Å². The van der Waals surface area contributed by atoms with E-state index in [2.05, 4.69) is 20.6 Å². The van der Waals surface area contributed by atoms with Gasteiger partial charge in [0.1, 0.15) is 5.69 Å². The molecule has 3 N–H and O–H groups in total. The Morgan fingerprint density at radius 1 is 1.12 bits per heavy atom. The molecule has 0 amide bonds. The van der Waals surface area contributed by atoms with Crippen LogP contribution in [-0.2, 0) is 0 Å². The summed E-state index contributed by atoms with van der Waals surface area (Å²) < 4.78 is 1.57. The van der Waals surface area contributed by atoms with E-state index in [0.29, 0.717) is 17.1 Å². The van der Waals surface area contributed by atoms with Gasteiger partial charge in [-0.2, -0.15) is 5.21 Å². The monoisotopic (exact) mass is 320 g/mol. The van der Waals surface area contributed by atoms with Crippen molar-refractivity contribution in [2.75, 3.05) is 0 Å². The lowest BCUT2D eigenvalue weighted by Gasteiger charge is -2.06. The standard InChI is InChI=1S/C16H12N6O2/c23-16(10-1-4-13(19-24)5-2-10)22-8-7-11-9-12(3-6-14(11)22)15-17-20-21-18-15/h1-9H,19H2,(H,17,18,20,21). The second-order valence-electron chi connectivity index (χ2n) is 5.24. The fraction of sp³-hybridized carbons (Fsp3) is 0. The summed E-state index contributed by atoms with van der Waals surface area (Å²) in [6.45, 7) is 0. The molecule has 0 saturated carbocycles. The Hall–Kier alpha value is -3.36. The predicted octanol–water partition coefficient (Wildman–Crippen LogP) is 1.20. The van der Waals surface area contributed by atoms with Gasteiger partial charge in [0.2, 0.25) is 5.82 Å². The van der Waals surface area contributed by atoms with Crippen LogP contribution in [-0.4, -0.2) is 31.1 Å². The van der Waals surface area contributed by atoms with Gasteiger partial charge >= 0.3 is 0 Å². The fourth-order valence-corrected chi connectivity index (χ4v) is 2.59. The average molecular weight is 320 g/mol. The lowest BCUT2D eigenvalue weighted by atomic mass is 10.1. The number of aromatic amines is 1. The Morgan fingerprint density at radius 2 is 1.96 bits per heavy atom. The normalized spacial score (nSPS) is 11.0. The summed E-state index contributed by atoms with van der Waals surface area (Å²) in [6, 6.07) is 14.0. The zero-order valence-corrected chi connectivity index (χ0v) is 12.4. The van der Waals surface area contributed by atoms with Crippen LogP contribution in [0, 0.1) is 5.21 Å². The van der Waals surface area contributed by atoms with Gasteiger partial charge in [-0.25, -0.2) is 0 Å². The molecule has 0 spiro atoms. The molecule has 4 rings (SSSR count). The maximum atomic E-state index is 12.7. The van der Waals surface area contributed by atoms with Crippen molar-refractivity contribution >= 4 is 22.5 Å². The average Bonchev–Trinajstić information content (AvgIpc) is 3.30. The molecule has 0 aliphatic heterocycles. The number of hydrogen-bond donors (Lipinski definition) is 2. The van der Waals surface area contributed by atoms with Gasteiger partial charge in [-0.05, 0) is 41.6 Å². The largest absolute Gasteiger partial charge is 0.630 e. The molecule has 0 radical (unpaired) electrons. The summed E-state index contributed by atoms with van der Waals surface area (Å²) in [5.74, 6) is 0.343. The Kier molecular flexibility index (Phi) is 3.38. The molecular formula is C16H12N6O2. The SMILES string of the molecule is O=C(c1ccc([NH2+][O-])cc1)n1ccc2cc(-c3nn[nH]n3)ccc21. The van der Waals surface area contributed by atoms with Crippen LogP contribution in [0.15, 0.2) is 54.7 Å². The number of H-pyrrole nitrogens is 1. The van der Waals surface area contributed by atoms with Crippen LogP contribution >= 0.6 is 0 Å². The molecule has 2 aromatic carbocycles. The summed E-state index contributed by atoms with van der Waals surface area (Å²) in [4.78, 5) is 12.7. The van der Waals surface area contributed by atoms with E-state index in [0.717, 1.165) is 21.9 Å². The van der Waals surface area contributed by atoms with Crippen molar-refractivity contribution in [1.29, 1.82) is 0 Å². The smallest absolute Gasteiger partial charge is 0.262 e. The van der Waals surface area contributed by atoms with E-state index in [1.165, 1.54) is 0 Å². The zero-order chi connectivity index (χ0) is 16.5. The Morgan fingerprint density at radius 3 is 2.67 bits per heavy atom. The number of nitrogens with two attached hydrogens (primary N) is 1. The third kappa shape index (κ3) is 2.35.